The fraction of sp³-hybridized carbons (Fsp3) is 0.562. The Labute approximate surface area is 126 Å². The fourth-order valence-corrected chi connectivity index (χ4v) is 2.15. The van der Waals surface area contributed by atoms with Gasteiger partial charge in [-0.2, -0.15) is 0 Å². The van der Waals surface area contributed by atoms with Crippen molar-refractivity contribution in [3.8, 4) is 5.75 Å². The third-order valence-electron chi connectivity index (χ3n) is 3.10. The molecule has 20 heavy (non-hydrogen) atoms. The standard InChI is InChI=1S/C16H23ClO3/c1-3-4-5-6-7-10-20-12-15(18)13-8-9-16(19-2)14(17)11-13/h8-9,11H,3-7,10,12H2,1-2H3. The number of Topliss-reactive ketones (excluding diaryl/α,β-unsaturated/α-hetero) is 1. The van der Waals surface area contributed by atoms with Crippen LogP contribution >= 0.6 is 11.6 Å². The van der Waals surface area contributed by atoms with Gasteiger partial charge in [-0.3, -0.25) is 4.79 Å². The maximum atomic E-state index is 11.9. The summed E-state index contributed by atoms with van der Waals surface area (Å²) in [5.74, 6) is 0.517. The van der Waals surface area contributed by atoms with Crippen LogP contribution in [-0.4, -0.2) is 26.1 Å². The van der Waals surface area contributed by atoms with Gasteiger partial charge in [-0.25, -0.2) is 0 Å². The summed E-state index contributed by atoms with van der Waals surface area (Å²) in [6.07, 6.45) is 5.91. The summed E-state index contributed by atoms with van der Waals surface area (Å²) in [6, 6.07) is 5.02. The number of unbranched alkanes of at least 4 members (excludes halogenated alkanes) is 4. The largest absolute Gasteiger partial charge is 0.495 e. The van der Waals surface area contributed by atoms with Crippen molar-refractivity contribution < 1.29 is 14.3 Å². The zero-order valence-electron chi connectivity index (χ0n) is 12.3. The number of hydrogen-bond acceptors (Lipinski definition) is 3. The van der Waals surface area contributed by atoms with E-state index < -0.39 is 0 Å². The molecule has 3 nitrogen and oxygen atoms in total. The van der Waals surface area contributed by atoms with Gasteiger partial charge in [-0.05, 0) is 24.6 Å². The Kier molecular flexibility index (Phi) is 8.31. The molecule has 0 spiro atoms. The minimum absolute atomic E-state index is 0.0527. The highest BCUT2D eigenvalue weighted by Gasteiger charge is 2.09. The van der Waals surface area contributed by atoms with Gasteiger partial charge in [-0.15, -0.1) is 0 Å². The molecule has 0 atom stereocenters. The predicted octanol–water partition coefficient (Wildman–Crippen LogP) is 4.52. The molecule has 0 amide bonds. The summed E-state index contributed by atoms with van der Waals surface area (Å²) >= 11 is 5.99. The van der Waals surface area contributed by atoms with Crippen LogP contribution in [0, 0.1) is 0 Å². The van der Waals surface area contributed by atoms with Crippen molar-refractivity contribution in [3.63, 3.8) is 0 Å². The minimum atomic E-state index is -0.0527. The monoisotopic (exact) mass is 298 g/mol. The van der Waals surface area contributed by atoms with Gasteiger partial charge in [0, 0.05) is 12.2 Å². The van der Waals surface area contributed by atoms with Crippen LogP contribution in [0.5, 0.6) is 5.75 Å². The number of halogens is 1. The molecule has 0 aliphatic carbocycles. The number of rotatable bonds is 10. The van der Waals surface area contributed by atoms with Gasteiger partial charge in [0.05, 0.1) is 12.1 Å². The summed E-state index contributed by atoms with van der Waals surface area (Å²) in [4.78, 5) is 11.9. The van der Waals surface area contributed by atoms with Crippen molar-refractivity contribution in [3.05, 3.63) is 28.8 Å². The lowest BCUT2D eigenvalue weighted by Gasteiger charge is -2.06. The Morgan fingerprint density at radius 1 is 1.20 bits per heavy atom. The molecule has 0 unspecified atom stereocenters. The predicted molar refractivity (Wildman–Crippen MR) is 81.9 cm³/mol. The van der Waals surface area contributed by atoms with E-state index in [4.69, 9.17) is 21.1 Å². The van der Waals surface area contributed by atoms with E-state index in [1.54, 1.807) is 25.3 Å². The van der Waals surface area contributed by atoms with E-state index in [1.165, 1.54) is 19.3 Å². The molecule has 0 fully saturated rings. The average molecular weight is 299 g/mol. The summed E-state index contributed by atoms with van der Waals surface area (Å²) in [5.41, 5.74) is 0.557. The van der Waals surface area contributed by atoms with Crippen LogP contribution in [-0.2, 0) is 4.74 Å². The normalized spacial score (nSPS) is 10.6. The van der Waals surface area contributed by atoms with Crippen LogP contribution in [0.4, 0.5) is 0 Å². The Balaban J connectivity index is 2.27. The molecule has 0 aliphatic rings. The van der Waals surface area contributed by atoms with E-state index in [0.29, 0.717) is 22.9 Å². The highest BCUT2D eigenvalue weighted by atomic mass is 35.5. The number of hydrogen-bond donors (Lipinski definition) is 0. The maximum Gasteiger partial charge on any atom is 0.188 e. The van der Waals surface area contributed by atoms with Crippen molar-refractivity contribution >= 4 is 17.4 Å². The Hall–Kier alpha value is -1.06. The molecule has 112 valence electrons. The third kappa shape index (κ3) is 5.93. The average Bonchev–Trinajstić information content (AvgIpc) is 2.46. The second kappa shape index (κ2) is 9.78. The molecule has 0 aliphatic heterocycles. The van der Waals surface area contributed by atoms with Crippen molar-refractivity contribution in [2.45, 2.75) is 39.0 Å². The Morgan fingerprint density at radius 2 is 1.95 bits per heavy atom. The van der Waals surface area contributed by atoms with Gasteiger partial charge in [0.25, 0.3) is 0 Å². The summed E-state index contributed by atoms with van der Waals surface area (Å²) in [7, 11) is 1.55. The SMILES string of the molecule is CCCCCCCOCC(=O)c1ccc(OC)c(Cl)c1. The van der Waals surface area contributed by atoms with E-state index in [0.717, 1.165) is 12.8 Å². The van der Waals surface area contributed by atoms with Crippen LogP contribution < -0.4 is 4.74 Å². The first-order valence-electron chi connectivity index (χ1n) is 7.13. The van der Waals surface area contributed by atoms with Crippen molar-refractivity contribution in [1.82, 2.24) is 0 Å². The number of carbonyl (C=O) groups is 1. The van der Waals surface area contributed by atoms with E-state index in [9.17, 15) is 4.79 Å². The molecule has 0 radical (unpaired) electrons. The second-order valence-electron chi connectivity index (χ2n) is 4.74. The van der Waals surface area contributed by atoms with Crippen molar-refractivity contribution in [1.29, 1.82) is 0 Å². The first-order valence-corrected chi connectivity index (χ1v) is 7.51. The van der Waals surface area contributed by atoms with Gasteiger partial charge in [0.2, 0.25) is 0 Å². The number of benzene rings is 1. The first kappa shape index (κ1) is 17.0. The lowest BCUT2D eigenvalue weighted by Crippen LogP contribution is -2.10. The lowest BCUT2D eigenvalue weighted by atomic mass is 10.1. The second-order valence-corrected chi connectivity index (χ2v) is 5.15. The van der Waals surface area contributed by atoms with Gasteiger partial charge in [0.15, 0.2) is 5.78 Å². The molecule has 0 heterocycles. The van der Waals surface area contributed by atoms with Crippen LogP contribution in [0.25, 0.3) is 0 Å². The van der Waals surface area contributed by atoms with Gasteiger partial charge >= 0.3 is 0 Å². The highest BCUT2D eigenvalue weighted by Crippen LogP contribution is 2.25. The molecular weight excluding hydrogens is 276 g/mol. The Morgan fingerprint density at radius 3 is 2.60 bits per heavy atom. The number of carbonyl (C=O) groups excluding carboxylic acids is 1. The lowest BCUT2D eigenvalue weighted by molar-refractivity contribution is 0.0752. The van der Waals surface area contributed by atoms with Crippen LogP contribution in [0.1, 0.15) is 49.4 Å². The van der Waals surface area contributed by atoms with E-state index in [1.807, 2.05) is 0 Å². The summed E-state index contributed by atoms with van der Waals surface area (Å²) < 4.78 is 10.5. The zero-order chi connectivity index (χ0) is 14.8. The molecule has 4 heteroatoms. The topological polar surface area (TPSA) is 35.5 Å². The number of ether oxygens (including phenoxy) is 2. The molecule has 0 saturated heterocycles. The van der Waals surface area contributed by atoms with E-state index in [-0.39, 0.29) is 12.4 Å². The number of ketones is 1. The molecule has 0 bridgehead atoms. The molecule has 1 aromatic carbocycles. The third-order valence-corrected chi connectivity index (χ3v) is 3.39. The van der Waals surface area contributed by atoms with Crippen LogP contribution in [0.3, 0.4) is 0 Å². The van der Waals surface area contributed by atoms with Crippen molar-refractivity contribution in [2.75, 3.05) is 20.3 Å². The van der Waals surface area contributed by atoms with Crippen LogP contribution in [0.15, 0.2) is 18.2 Å². The zero-order valence-corrected chi connectivity index (χ0v) is 13.0. The smallest absolute Gasteiger partial charge is 0.188 e. The van der Waals surface area contributed by atoms with E-state index in [2.05, 4.69) is 6.92 Å². The van der Waals surface area contributed by atoms with Crippen molar-refractivity contribution in [2.24, 2.45) is 0 Å². The minimum Gasteiger partial charge on any atom is -0.495 e. The quantitative estimate of drug-likeness (QED) is 0.470. The summed E-state index contributed by atoms with van der Waals surface area (Å²) in [6.45, 7) is 2.94. The van der Waals surface area contributed by atoms with Crippen LogP contribution in [0.2, 0.25) is 5.02 Å². The Bertz CT molecular complexity index is 418. The highest BCUT2D eigenvalue weighted by molar-refractivity contribution is 6.32. The molecule has 0 N–H and O–H groups in total. The fourth-order valence-electron chi connectivity index (χ4n) is 1.90. The first-order chi connectivity index (χ1) is 9.69. The molecular formula is C16H23ClO3. The van der Waals surface area contributed by atoms with Gasteiger partial charge in [0.1, 0.15) is 12.4 Å². The van der Waals surface area contributed by atoms with Gasteiger partial charge < -0.3 is 9.47 Å². The maximum absolute atomic E-state index is 11.9. The number of methoxy groups -OCH3 is 1. The summed E-state index contributed by atoms with van der Waals surface area (Å²) in [5, 5.41) is 0.443. The van der Waals surface area contributed by atoms with Gasteiger partial charge in [-0.1, -0.05) is 44.2 Å². The molecule has 0 saturated carbocycles. The molecule has 1 aromatic rings. The molecule has 1 rings (SSSR count). The van der Waals surface area contributed by atoms with E-state index >= 15 is 0 Å². The molecule has 0 aromatic heterocycles.